The van der Waals surface area contributed by atoms with Crippen LogP contribution in [0.4, 0.5) is 0 Å². The summed E-state index contributed by atoms with van der Waals surface area (Å²) >= 11 is 0. The van der Waals surface area contributed by atoms with Gasteiger partial charge in [0.15, 0.2) is 0 Å². The maximum absolute atomic E-state index is 2.49. The molecule has 0 amide bonds. The monoisotopic (exact) mass is 150 g/mol. The van der Waals surface area contributed by atoms with Crippen molar-refractivity contribution in [3.63, 3.8) is 0 Å². The quantitative estimate of drug-likeness (QED) is 0.498. The van der Waals surface area contributed by atoms with Crippen molar-refractivity contribution in [1.29, 1.82) is 0 Å². The van der Waals surface area contributed by atoms with Crippen LogP contribution in [0.3, 0.4) is 0 Å². The second-order valence-electron chi connectivity index (χ2n) is 5.13. The molecule has 0 aromatic heterocycles. The Hall–Kier alpha value is 0. The molecule has 0 aromatic carbocycles. The average Bonchev–Trinajstić information content (AvgIpc) is 2.53. The van der Waals surface area contributed by atoms with Crippen LogP contribution in [0.15, 0.2) is 0 Å². The Morgan fingerprint density at radius 2 is 1.64 bits per heavy atom. The van der Waals surface area contributed by atoms with E-state index in [0.717, 1.165) is 11.8 Å². The third-order valence-electron chi connectivity index (χ3n) is 4.77. The predicted molar refractivity (Wildman–Crippen MR) is 46.2 cm³/mol. The minimum Gasteiger partial charge on any atom is -0.0622 e. The van der Waals surface area contributed by atoms with Crippen LogP contribution in [0.5, 0.6) is 0 Å². The Morgan fingerprint density at radius 1 is 0.909 bits per heavy atom. The van der Waals surface area contributed by atoms with Gasteiger partial charge in [-0.3, -0.25) is 0 Å². The van der Waals surface area contributed by atoms with Crippen LogP contribution in [0.25, 0.3) is 0 Å². The van der Waals surface area contributed by atoms with E-state index in [0.29, 0.717) is 0 Å². The van der Waals surface area contributed by atoms with E-state index in [1.807, 2.05) is 0 Å². The molecule has 0 spiro atoms. The van der Waals surface area contributed by atoms with Crippen molar-refractivity contribution >= 4 is 0 Å². The van der Waals surface area contributed by atoms with Gasteiger partial charge in [-0.2, -0.15) is 0 Å². The Bertz CT molecular complexity index is 173. The van der Waals surface area contributed by atoms with Crippen LogP contribution in [-0.2, 0) is 0 Å². The Morgan fingerprint density at radius 3 is 2.55 bits per heavy atom. The molecule has 62 valence electrons. The minimum atomic E-state index is 1.08. The van der Waals surface area contributed by atoms with Crippen LogP contribution in [0.1, 0.15) is 39.0 Å². The fraction of sp³-hybridized carbons (Fsp3) is 1.00. The molecule has 3 unspecified atom stereocenters. The van der Waals surface area contributed by atoms with Gasteiger partial charge in [0.1, 0.15) is 0 Å². The standard InChI is InChI=1S/C11H18/c1-7-6-9-3-2-8-4-5-10(7)11(8)9/h7-11H,2-6H2,1H3/t7-,8?,9?,10-,11?/m1/s1. The molecule has 0 bridgehead atoms. The van der Waals surface area contributed by atoms with Gasteiger partial charge < -0.3 is 0 Å². The normalized spacial score (nSPS) is 60.3. The molecule has 0 saturated heterocycles. The summed E-state index contributed by atoms with van der Waals surface area (Å²) < 4.78 is 0. The van der Waals surface area contributed by atoms with E-state index in [9.17, 15) is 0 Å². The maximum atomic E-state index is 2.49. The van der Waals surface area contributed by atoms with Crippen LogP contribution in [-0.4, -0.2) is 0 Å². The topological polar surface area (TPSA) is 0 Å². The summed E-state index contributed by atoms with van der Waals surface area (Å²) in [4.78, 5) is 0. The first-order valence-electron chi connectivity index (χ1n) is 5.36. The van der Waals surface area contributed by atoms with Gasteiger partial charge in [0.2, 0.25) is 0 Å². The van der Waals surface area contributed by atoms with Gasteiger partial charge in [-0.05, 0) is 61.7 Å². The second kappa shape index (κ2) is 2.02. The van der Waals surface area contributed by atoms with Crippen LogP contribution >= 0.6 is 0 Å². The van der Waals surface area contributed by atoms with E-state index in [1.165, 1.54) is 17.8 Å². The Kier molecular flexibility index (Phi) is 1.20. The molecule has 3 saturated carbocycles. The van der Waals surface area contributed by atoms with Crippen LogP contribution < -0.4 is 0 Å². The van der Waals surface area contributed by atoms with Crippen molar-refractivity contribution in [2.24, 2.45) is 29.6 Å². The first-order chi connectivity index (χ1) is 5.36. The molecule has 0 aromatic rings. The Labute approximate surface area is 69.4 Å². The highest BCUT2D eigenvalue weighted by molar-refractivity contribution is 5.01. The van der Waals surface area contributed by atoms with Gasteiger partial charge >= 0.3 is 0 Å². The van der Waals surface area contributed by atoms with Crippen LogP contribution in [0.2, 0.25) is 0 Å². The second-order valence-corrected chi connectivity index (χ2v) is 5.13. The SMILES string of the molecule is C[C@@H]1CC2CCC3CC[C@H]1C32. The molecule has 5 atom stereocenters. The zero-order valence-corrected chi connectivity index (χ0v) is 7.42. The molecular formula is C11H18. The lowest BCUT2D eigenvalue weighted by Crippen LogP contribution is -2.09. The fourth-order valence-electron chi connectivity index (χ4n) is 4.42. The van der Waals surface area contributed by atoms with Gasteiger partial charge in [-0.15, -0.1) is 0 Å². The van der Waals surface area contributed by atoms with Crippen molar-refractivity contribution < 1.29 is 0 Å². The van der Waals surface area contributed by atoms with E-state index in [4.69, 9.17) is 0 Å². The molecular weight excluding hydrogens is 132 g/mol. The molecule has 3 aliphatic carbocycles. The van der Waals surface area contributed by atoms with Gasteiger partial charge in [-0.1, -0.05) is 6.92 Å². The van der Waals surface area contributed by atoms with Crippen molar-refractivity contribution in [2.75, 3.05) is 0 Å². The van der Waals surface area contributed by atoms with Gasteiger partial charge in [0, 0.05) is 0 Å². The largest absolute Gasteiger partial charge is 0.0622 e. The fourth-order valence-corrected chi connectivity index (χ4v) is 4.42. The first-order valence-corrected chi connectivity index (χ1v) is 5.36. The van der Waals surface area contributed by atoms with E-state index in [1.54, 1.807) is 32.1 Å². The molecule has 0 heteroatoms. The molecule has 11 heavy (non-hydrogen) atoms. The lowest BCUT2D eigenvalue weighted by atomic mass is 9.90. The van der Waals surface area contributed by atoms with E-state index in [-0.39, 0.29) is 0 Å². The summed E-state index contributed by atoms with van der Waals surface area (Å²) in [5.41, 5.74) is 0. The first kappa shape index (κ1) is 6.51. The molecule has 3 rings (SSSR count). The molecule has 0 radical (unpaired) electrons. The molecule has 0 heterocycles. The third kappa shape index (κ3) is 0.711. The maximum Gasteiger partial charge on any atom is -0.0326 e. The predicted octanol–water partition coefficient (Wildman–Crippen LogP) is 3.08. The molecule has 3 fully saturated rings. The van der Waals surface area contributed by atoms with Crippen molar-refractivity contribution in [2.45, 2.75) is 39.0 Å². The van der Waals surface area contributed by atoms with Crippen molar-refractivity contribution in [1.82, 2.24) is 0 Å². The zero-order chi connectivity index (χ0) is 7.42. The van der Waals surface area contributed by atoms with Gasteiger partial charge in [0.05, 0.1) is 0 Å². The number of hydrogen-bond donors (Lipinski definition) is 0. The molecule has 0 N–H and O–H groups in total. The van der Waals surface area contributed by atoms with Gasteiger partial charge in [0.25, 0.3) is 0 Å². The average molecular weight is 150 g/mol. The highest BCUT2D eigenvalue weighted by atomic mass is 14.6. The lowest BCUT2D eigenvalue weighted by molar-refractivity contribution is 0.332. The van der Waals surface area contributed by atoms with Crippen molar-refractivity contribution in [3.8, 4) is 0 Å². The number of hydrogen-bond acceptors (Lipinski definition) is 0. The summed E-state index contributed by atoms with van der Waals surface area (Å²) in [6.07, 6.45) is 7.89. The third-order valence-corrected chi connectivity index (χ3v) is 4.77. The summed E-state index contributed by atoms with van der Waals surface area (Å²) in [5, 5.41) is 0. The van der Waals surface area contributed by atoms with Gasteiger partial charge in [-0.25, -0.2) is 0 Å². The highest BCUT2D eigenvalue weighted by Gasteiger charge is 2.51. The van der Waals surface area contributed by atoms with Crippen molar-refractivity contribution in [3.05, 3.63) is 0 Å². The van der Waals surface area contributed by atoms with E-state index >= 15 is 0 Å². The van der Waals surface area contributed by atoms with E-state index < -0.39 is 0 Å². The summed E-state index contributed by atoms with van der Waals surface area (Å²) in [5.74, 6) is 5.78. The smallest absolute Gasteiger partial charge is 0.0326 e. The Balaban J connectivity index is 1.93. The summed E-state index contributed by atoms with van der Waals surface area (Å²) in [7, 11) is 0. The van der Waals surface area contributed by atoms with Crippen LogP contribution in [0, 0.1) is 29.6 Å². The molecule has 0 aliphatic heterocycles. The number of rotatable bonds is 0. The molecule has 3 aliphatic rings. The minimum absolute atomic E-state index is 1.08. The summed E-state index contributed by atoms with van der Waals surface area (Å²) in [6, 6.07) is 0. The summed E-state index contributed by atoms with van der Waals surface area (Å²) in [6.45, 7) is 2.49. The zero-order valence-electron chi connectivity index (χ0n) is 7.42. The van der Waals surface area contributed by atoms with E-state index in [2.05, 4.69) is 6.92 Å². The lowest BCUT2D eigenvalue weighted by Gasteiger charge is -2.15. The highest BCUT2D eigenvalue weighted by Crippen LogP contribution is 2.60. The molecule has 0 nitrogen and oxygen atoms in total.